The molecule has 2 rings (SSSR count). The van der Waals surface area contributed by atoms with Crippen LogP contribution in [0.1, 0.15) is 16.1 Å². The van der Waals surface area contributed by atoms with E-state index in [9.17, 15) is 4.79 Å². The highest BCUT2D eigenvalue weighted by atomic mass is 35.5. The molecule has 18 heavy (non-hydrogen) atoms. The fourth-order valence-electron chi connectivity index (χ4n) is 2.10. The molecule has 1 aromatic heterocycles. The maximum atomic E-state index is 12.3. The summed E-state index contributed by atoms with van der Waals surface area (Å²) >= 11 is 13.0. The minimum Gasteiger partial charge on any atom is -0.337 e. The summed E-state index contributed by atoms with van der Waals surface area (Å²) < 4.78 is 0.664. The van der Waals surface area contributed by atoms with E-state index in [0.717, 1.165) is 44.0 Å². The summed E-state index contributed by atoms with van der Waals surface area (Å²) in [7, 11) is 0. The summed E-state index contributed by atoms with van der Waals surface area (Å²) in [5, 5.41) is 0. The Morgan fingerprint density at radius 2 is 2.11 bits per heavy atom. The van der Waals surface area contributed by atoms with Gasteiger partial charge in [-0.3, -0.25) is 4.79 Å². The van der Waals surface area contributed by atoms with Crippen LogP contribution in [0.4, 0.5) is 0 Å². The van der Waals surface area contributed by atoms with E-state index in [0.29, 0.717) is 10.2 Å². The number of hydrogen-bond acceptors (Lipinski definition) is 3. The van der Waals surface area contributed by atoms with Crippen molar-refractivity contribution in [2.24, 2.45) is 0 Å². The number of halogens is 2. The number of carbonyl (C=O) groups is 1. The first-order valence-corrected chi connectivity index (χ1v) is 7.76. The summed E-state index contributed by atoms with van der Waals surface area (Å²) in [5.74, 6) is 0.744. The molecule has 0 spiro atoms. The van der Waals surface area contributed by atoms with Crippen LogP contribution in [0.15, 0.2) is 12.1 Å². The zero-order chi connectivity index (χ0) is 13.0. The van der Waals surface area contributed by atoms with Gasteiger partial charge in [-0.25, -0.2) is 0 Å². The van der Waals surface area contributed by atoms with Crippen molar-refractivity contribution in [3.05, 3.63) is 21.3 Å². The zero-order valence-corrected chi connectivity index (χ0v) is 12.4. The van der Waals surface area contributed by atoms with E-state index in [-0.39, 0.29) is 5.91 Å². The molecule has 1 aliphatic heterocycles. The van der Waals surface area contributed by atoms with Crippen LogP contribution in [0.25, 0.3) is 0 Å². The first kappa shape index (κ1) is 14.1. The van der Waals surface area contributed by atoms with Gasteiger partial charge in [-0.05, 0) is 25.1 Å². The van der Waals surface area contributed by atoms with E-state index in [2.05, 4.69) is 4.90 Å². The van der Waals surface area contributed by atoms with Gasteiger partial charge in [-0.15, -0.1) is 22.9 Å². The Hall–Kier alpha value is -0.290. The fourth-order valence-corrected chi connectivity index (χ4v) is 3.35. The number of thiophene rings is 1. The van der Waals surface area contributed by atoms with E-state index in [1.54, 1.807) is 12.1 Å². The molecule has 6 heteroatoms. The highest BCUT2D eigenvalue weighted by Crippen LogP contribution is 2.23. The van der Waals surface area contributed by atoms with Crippen LogP contribution in [0, 0.1) is 0 Å². The second-order valence-electron chi connectivity index (χ2n) is 4.28. The van der Waals surface area contributed by atoms with Crippen LogP contribution in [0.2, 0.25) is 4.34 Å². The van der Waals surface area contributed by atoms with Gasteiger partial charge >= 0.3 is 0 Å². The van der Waals surface area contributed by atoms with Gasteiger partial charge in [-0.1, -0.05) is 11.6 Å². The molecular formula is C12H16Cl2N2OS. The first-order valence-electron chi connectivity index (χ1n) is 6.03. The summed E-state index contributed by atoms with van der Waals surface area (Å²) in [4.78, 5) is 17.2. The molecule has 1 saturated heterocycles. The van der Waals surface area contributed by atoms with Gasteiger partial charge in [0, 0.05) is 32.1 Å². The molecule has 0 radical (unpaired) electrons. The Morgan fingerprint density at radius 3 is 2.78 bits per heavy atom. The van der Waals surface area contributed by atoms with E-state index >= 15 is 0 Å². The van der Waals surface area contributed by atoms with E-state index in [1.165, 1.54) is 11.3 Å². The van der Waals surface area contributed by atoms with Crippen LogP contribution >= 0.6 is 34.5 Å². The lowest BCUT2D eigenvalue weighted by molar-refractivity contribution is 0.0766. The lowest BCUT2D eigenvalue weighted by Crippen LogP contribution is -2.35. The minimum absolute atomic E-state index is 0.0969. The quantitative estimate of drug-likeness (QED) is 0.802. The van der Waals surface area contributed by atoms with Crippen LogP contribution in [-0.4, -0.2) is 54.3 Å². The van der Waals surface area contributed by atoms with Crippen molar-refractivity contribution < 1.29 is 4.79 Å². The minimum atomic E-state index is 0.0969. The smallest absolute Gasteiger partial charge is 0.264 e. The third kappa shape index (κ3) is 3.60. The molecule has 1 fully saturated rings. The molecule has 0 bridgehead atoms. The SMILES string of the molecule is O=C(c1ccc(Cl)s1)N1CCCN(CCCl)CC1. The lowest BCUT2D eigenvalue weighted by Gasteiger charge is -2.20. The van der Waals surface area contributed by atoms with Crippen molar-refractivity contribution in [2.45, 2.75) is 6.42 Å². The summed E-state index contributed by atoms with van der Waals surface area (Å²) in [6.45, 7) is 4.39. The molecule has 1 amide bonds. The molecular weight excluding hydrogens is 291 g/mol. The maximum Gasteiger partial charge on any atom is 0.264 e. The molecule has 2 heterocycles. The van der Waals surface area contributed by atoms with Crippen LogP contribution in [0.3, 0.4) is 0 Å². The monoisotopic (exact) mass is 306 g/mol. The number of alkyl halides is 1. The van der Waals surface area contributed by atoms with Crippen LogP contribution in [-0.2, 0) is 0 Å². The van der Waals surface area contributed by atoms with E-state index < -0.39 is 0 Å². The Kier molecular flexibility index (Phi) is 5.30. The topological polar surface area (TPSA) is 23.6 Å². The molecule has 3 nitrogen and oxygen atoms in total. The van der Waals surface area contributed by atoms with Gasteiger partial charge in [0.05, 0.1) is 9.21 Å². The predicted molar refractivity (Wildman–Crippen MR) is 77.0 cm³/mol. The normalized spacial score (nSPS) is 17.8. The molecule has 0 aliphatic carbocycles. The fraction of sp³-hybridized carbons (Fsp3) is 0.583. The van der Waals surface area contributed by atoms with Crippen molar-refractivity contribution in [1.29, 1.82) is 0 Å². The molecule has 1 aliphatic rings. The average molecular weight is 307 g/mol. The van der Waals surface area contributed by atoms with Gasteiger partial charge in [0.2, 0.25) is 0 Å². The summed E-state index contributed by atoms with van der Waals surface area (Å²) in [6.07, 6.45) is 1.00. The Morgan fingerprint density at radius 1 is 1.28 bits per heavy atom. The van der Waals surface area contributed by atoms with Gasteiger partial charge in [0.25, 0.3) is 5.91 Å². The molecule has 100 valence electrons. The molecule has 0 N–H and O–H groups in total. The number of hydrogen-bond donors (Lipinski definition) is 0. The largest absolute Gasteiger partial charge is 0.337 e. The van der Waals surface area contributed by atoms with Crippen molar-refractivity contribution in [3.63, 3.8) is 0 Å². The number of nitrogens with zero attached hydrogens (tertiary/aromatic N) is 2. The zero-order valence-electron chi connectivity index (χ0n) is 10.1. The third-order valence-electron chi connectivity index (χ3n) is 3.06. The highest BCUT2D eigenvalue weighted by Gasteiger charge is 2.21. The molecule has 0 aromatic carbocycles. The van der Waals surface area contributed by atoms with Crippen molar-refractivity contribution in [2.75, 3.05) is 38.6 Å². The van der Waals surface area contributed by atoms with Crippen molar-refractivity contribution in [1.82, 2.24) is 9.80 Å². The Labute approximate surface area is 121 Å². The molecule has 0 saturated carbocycles. The highest BCUT2D eigenvalue weighted by molar-refractivity contribution is 7.17. The molecule has 0 atom stereocenters. The van der Waals surface area contributed by atoms with Gasteiger partial charge in [0.1, 0.15) is 0 Å². The third-order valence-corrected chi connectivity index (χ3v) is 4.45. The lowest BCUT2D eigenvalue weighted by atomic mass is 10.3. The second-order valence-corrected chi connectivity index (χ2v) is 6.37. The maximum absolute atomic E-state index is 12.3. The van der Waals surface area contributed by atoms with Gasteiger partial charge in [0.15, 0.2) is 0 Å². The summed E-state index contributed by atoms with van der Waals surface area (Å²) in [5.41, 5.74) is 0. The van der Waals surface area contributed by atoms with Crippen LogP contribution < -0.4 is 0 Å². The first-order chi connectivity index (χ1) is 8.70. The van der Waals surface area contributed by atoms with Gasteiger partial charge < -0.3 is 9.80 Å². The standard InChI is InChI=1S/C12H16Cl2N2OS/c13-4-7-15-5-1-6-16(9-8-15)12(17)10-2-3-11(14)18-10/h2-3H,1,4-9H2. The Bertz CT molecular complexity index is 411. The van der Waals surface area contributed by atoms with Crippen molar-refractivity contribution in [3.8, 4) is 0 Å². The van der Waals surface area contributed by atoms with E-state index in [1.807, 2.05) is 4.90 Å². The van der Waals surface area contributed by atoms with Gasteiger partial charge in [-0.2, -0.15) is 0 Å². The molecule has 0 unspecified atom stereocenters. The van der Waals surface area contributed by atoms with Crippen LogP contribution in [0.5, 0.6) is 0 Å². The number of amides is 1. The summed E-state index contributed by atoms with van der Waals surface area (Å²) in [6, 6.07) is 3.58. The number of rotatable bonds is 3. The number of carbonyl (C=O) groups excluding carboxylic acids is 1. The van der Waals surface area contributed by atoms with Crippen molar-refractivity contribution >= 4 is 40.4 Å². The average Bonchev–Trinajstić information content (AvgIpc) is 2.65. The molecule has 1 aromatic rings. The predicted octanol–water partition coefficient (Wildman–Crippen LogP) is 2.79. The Balaban J connectivity index is 1.95. The second kappa shape index (κ2) is 6.75. The van der Waals surface area contributed by atoms with E-state index in [4.69, 9.17) is 23.2 Å².